The Kier molecular flexibility index (Phi) is 5.05. The normalized spacial score (nSPS) is 18.7. The van der Waals surface area contributed by atoms with Gasteiger partial charge in [-0.25, -0.2) is 9.59 Å². The standard InChI is InChI=1S/C24H20N4O6/c1-24(16-7-6-14-4-2-3-5-15(14)10-16)21(30)28(23(32)27-24)12-20(29)26-22(31)25-17-8-9-18-19(11-17)34-13-33-18/h2-11H,12-13H2,1H3,(H,27,32)(H2,25,26,29,31)/t24-/m1/s1. The van der Waals surface area contributed by atoms with Crippen molar-refractivity contribution >= 4 is 40.3 Å². The summed E-state index contributed by atoms with van der Waals surface area (Å²) >= 11 is 0. The highest BCUT2D eigenvalue weighted by atomic mass is 16.7. The summed E-state index contributed by atoms with van der Waals surface area (Å²) < 4.78 is 10.5. The van der Waals surface area contributed by atoms with Crippen LogP contribution in [0.15, 0.2) is 60.7 Å². The van der Waals surface area contributed by atoms with E-state index in [2.05, 4.69) is 16.0 Å². The Bertz CT molecular complexity index is 1360. The van der Waals surface area contributed by atoms with Gasteiger partial charge in [-0.2, -0.15) is 0 Å². The van der Waals surface area contributed by atoms with E-state index in [1.807, 2.05) is 36.4 Å². The van der Waals surface area contributed by atoms with Gasteiger partial charge in [-0.1, -0.05) is 36.4 Å². The minimum atomic E-state index is -1.34. The number of fused-ring (bicyclic) bond motifs is 2. The monoisotopic (exact) mass is 460 g/mol. The van der Waals surface area contributed by atoms with Crippen molar-refractivity contribution in [2.24, 2.45) is 0 Å². The lowest BCUT2D eigenvalue weighted by Crippen LogP contribution is -2.45. The van der Waals surface area contributed by atoms with Gasteiger partial charge in [0.15, 0.2) is 11.5 Å². The highest BCUT2D eigenvalue weighted by Crippen LogP contribution is 2.34. The first kappa shape index (κ1) is 21.3. The Labute approximate surface area is 193 Å². The molecule has 2 aliphatic heterocycles. The van der Waals surface area contributed by atoms with Crippen molar-refractivity contribution < 1.29 is 28.7 Å². The number of rotatable bonds is 4. The van der Waals surface area contributed by atoms with Gasteiger partial charge in [0.1, 0.15) is 12.1 Å². The highest BCUT2D eigenvalue weighted by Gasteiger charge is 2.49. The van der Waals surface area contributed by atoms with E-state index in [1.54, 1.807) is 31.2 Å². The van der Waals surface area contributed by atoms with Crippen LogP contribution in [0.4, 0.5) is 15.3 Å². The molecule has 1 saturated heterocycles. The second-order valence-corrected chi connectivity index (χ2v) is 8.08. The van der Waals surface area contributed by atoms with Crippen molar-refractivity contribution in [2.45, 2.75) is 12.5 Å². The summed E-state index contributed by atoms with van der Waals surface area (Å²) in [6.45, 7) is 1.07. The van der Waals surface area contributed by atoms with E-state index in [1.165, 1.54) is 0 Å². The number of urea groups is 2. The Morgan fingerprint density at radius 2 is 1.76 bits per heavy atom. The Balaban J connectivity index is 1.25. The van der Waals surface area contributed by atoms with E-state index in [4.69, 9.17) is 9.47 Å². The van der Waals surface area contributed by atoms with E-state index in [0.717, 1.165) is 15.7 Å². The fourth-order valence-electron chi connectivity index (χ4n) is 3.98. The third-order valence-electron chi connectivity index (χ3n) is 5.79. The van der Waals surface area contributed by atoms with Crippen LogP contribution >= 0.6 is 0 Å². The van der Waals surface area contributed by atoms with Crippen LogP contribution in [0.25, 0.3) is 10.8 Å². The zero-order valence-corrected chi connectivity index (χ0v) is 18.1. The predicted octanol–water partition coefficient (Wildman–Crippen LogP) is 2.68. The summed E-state index contributed by atoms with van der Waals surface area (Å²) in [7, 11) is 0. The van der Waals surface area contributed by atoms with Gasteiger partial charge in [0.25, 0.3) is 5.91 Å². The zero-order chi connectivity index (χ0) is 23.9. The average Bonchev–Trinajstić information content (AvgIpc) is 3.37. The smallest absolute Gasteiger partial charge is 0.325 e. The van der Waals surface area contributed by atoms with Crippen LogP contribution in [-0.2, 0) is 15.1 Å². The van der Waals surface area contributed by atoms with Gasteiger partial charge in [0.05, 0.1) is 0 Å². The number of ether oxygens (including phenoxy) is 2. The fourth-order valence-corrected chi connectivity index (χ4v) is 3.98. The SMILES string of the molecule is C[C@]1(c2ccc3ccccc3c2)NC(=O)N(CC(=O)NC(=O)Nc2ccc3c(c2)OCO3)C1=O. The second kappa shape index (κ2) is 8.07. The van der Waals surface area contributed by atoms with Crippen LogP contribution in [-0.4, -0.2) is 42.1 Å². The lowest BCUT2D eigenvalue weighted by atomic mass is 9.90. The molecule has 0 radical (unpaired) electrons. The lowest BCUT2D eigenvalue weighted by molar-refractivity contribution is -0.134. The summed E-state index contributed by atoms with van der Waals surface area (Å²) in [5, 5.41) is 9.20. The van der Waals surface area contributed by atoms with Gasteiger partial charge < -0.3 is 20.1 Å². The van der Waals surface area contributed by atoms with Crippen LogP contribution in [0.2, 0.25) is 0 Å². The zero-order valence-electron chi connectivity index (χ0n) is 18.1. The number of nitrogens with one attached hydrogen (secondary N) is 3. The summed E-state index contributed by atoms with van der Waals surface area (Å²) in [4.78, 5) is 51.1. The number of anilines is 1. The van der Waals surface area contributed by atoms with Crippen molar-refractivity contribution in [1.82, 2.24) is 15.5 Å². The van der Waals surface area contributed by atoms with E-state index in [0.29, 0.717) is 22.7 Å². The van der Waals surface area contributed by atoms with Gasteiger partial charge in [-0.3, -0.25) is 19.8 Å². The van der Waals surface area contributed by atoms with E-state index < -0.39 is 36.0 Å². The van der Waals surface area contributed by atoms with Gasteiger partial charge >= 0.3 is 12.1 Å². The molecule has 0 aromatic heterocycles. The number of benzene rings is 3. The third kappa shape index (κ3) is 3.75. The molecule has 2 heterocycles. The van der Waals surface area contributed by atoms with E-state index in [-0.39, 0.29) is 6.79 Å². The summed E-state index contributed by atoms with van der Waals surface area (Å²) in [6.07, 6.45) is 0. The van der Waals surface area contributed by atoms with Crippen LogP contribution in [0.5, 0.6) is 11.5 Å². The van der Waals surface area contributed by atoms with Crippen LogP contribution < -0.4 is 25.4 Å². The summed E-state index contributed by atoms with van der Waals surface area (Å²) in [5.74, 6) is -0.380. The predicted molar refractivity (Wildman–Crippen MR) is 121 cm³/mol. The van der Waals surface area contributed by atoms with Gasteiger partial charge in [-0.05, 0) is 41.5 Å². The number of imide groups is 2. The van der Waals surface area contributed by atoms with Gasteiger partial charge in [-0.15, -0.1) is 0 Å². The number of hydrogen-bond donors (Lipinski definition) is 3. The molecular formula is C24H20N4O6. The average molecular weight is 460 g/mol. The molecule has 0 bridgehead atoms. The lowest BCUT2D eigenvalue weighted by Gasteiger charge is -2.22. The van der Waals surface area contributed by atoms with Crippen molar-refractivity contribution in [3.05, 3.63) is 66.2 Å². The fraction of sp³-hybridized carbons (Fsp3) is 0.167. The molecular weight excluding hydrogens is 440 g/mol. The first-order chi connectivity index (χ1) is 16.3. The molecule has 34 heavy (non-hydrogen) atoms. The second-order valence-electron chi connectivity index (χ2n) is 8.08. The van der Waals surface area contributed by atoms with Crippen LogP contribution in [0.1, 0.15) is 12.5 Å². The molecule has 1 fully saturated rings. The molecule has 5 rings (SSSR count). The maximum Gasteiger partial charge on any atom is 0.325 e. The molecule has 0 saturated carbocycles. The van der Waals surface area contributed by atoms with Crippen LogP contribution in [0, 0.1) is 0 Å². The molecule has 6 amide bonds. The molecule has 172 valence electrons. The van der Waals surface area contributed by atoms with E-state index >= 15 is 0 Å². The minimum absolute atomic E-state index is 0.0908. The maximum atomic E-state index is 13.1. The first-order valence-corrected chi connectivity index (χ1v) is 10.5. The Hall–Kier alpha value is -4.60. The van der Waals surface area contributed by atoms with Crippen molar-refractivity contribution in [1.29, 1.82) is 0 Å². The van der Waals surface area contributed by atoms with E-state index in [9.17, 15) is 19.2 Å². The maximum absolute atomic E-state index is 13.1. The number of amides is 6. The first-order valence-electron chi connectivity index (χ1n) is 10.5. The summed E-state index contributed by atoms with van der Waals surface area (Å²) in [6, 6.07) is 16.4. The molecule has 0 unspecified atom stereocenters. The number of nitrogens with zero attached hydrogens (tertiary/aromatic N) is 1. The highest BCUT2D eigenvalue weighted by molar-refractivity contribution is 6.11. The molecule has 3 aromatic rings. The molecule has 1 atom stereocenters. The van der Waals surface area contributed by atoms with Gasteiger partial charge in [0, 0.05) is 11.8 Å². The molecule has 3 N–H and O–H groups in total. The molecule has 0 spiro atoms. The van der Waals surface area contributed by atoms with Crippen LogP contribution in [0.3, 0.4) is 0 Å². The summed E-state index contributed by atoms with van der Waals surface area (Å²) in [5.41, 5.74) is -0.364. The minimum Gasteiger partial charge on any atom is -0.454 e. The quantitative estimate of drug-likeness (QED) is 0.514. The molecule has 10 heteroatoms. The molecule has 2 aliphatic rings. The molecule has 3 aromatic carbocycles. The van der Waals surface area contributed by atoms with Crippen molar-refractivity contribution in [2.75, 3.05) is 18.7 Å². The molecule has 0 aliphatic carbocycles. The largest absolute Gasteiger partial charge is 0.454 e. The third-order valence-corrected chi connectivity index (χ3v) is 5.79. The van der Waals surface area contributed by atoms with Crippen molar-refractivity contribution in [3.63, 3.8) is 0 Å². The topological polar surface area (TPSA) is 126 Å². The van der Waals surface area contributed by atoms with Crippen molar-refractivity contribution in [3.8, 4) is 11.5 Å². The number of hydrogen-bond acceptors (Lipinski definition) is 6. The van der Waals surface area contributed by atoms with Gasteiger partial charge in [0.2, 0.25) is 12.7 Å². The molecule has 10 nitrogen and oxygen atoms in total. The Morgan fingerprint density at radius 1 is 1.00 bits per heavy atom. The number of carbonyl (C=O) groups is 4. The Morgan fingerprint density at radius 3 is 2.59 bits per heavy atom. The number of carbonyl (C=O) groups excluding carboxylic acids is 4.